The Morgan fingerprint density at radius 1 is 1.32 bits per heavy atom. The van der Waals surface area contributed by atoms with Crippen LogP contribution in [0.3, 0.4) is 0 Å². The van der Waals surface area contributed by atoms with Crippen LogP contribution < -0.4 is 5.73 Å². The zero-order chi connectivity index (χ0) is 13.8. The molecule has 1 saturated carbocycles. The largest absolute Gasteiger partial charge is 0.398 e. The predicted octanol–water partition coefficient (Wildman–Crippen LogP) is 3.23. The third-order valence-electron chi connectivity index (χ3n) is 4.13. The molecule has 2 rings (SSSR count). The van der Waals surface area contributed by atoms with E-state index in [0.29, 0.717) is 17.2 Å². The third-order valence-corrected chi connectivity index (χ3v) is 4.13. The molecule has 0 bridgehead atoms. The number of amides is 1. The van der Waals surface area contributed by atoms with Gasteiger partial charge in [-0.2, -0.15) is 0 Å². The SMILES string of the molecule is Cc1ccc(C(=O)N(C)CC2CCCCC2)cc1N. The molecule has 2 N–H and O–H groups in total. The first kappa shape index (κ1) is 13.9. The summed E-state index contributed by atoms with van der Waals surface area (Å²) in [6.07, 6.45) is 6.48. The van der Waals surface area contributed by atoms with Crippen LogP contribution in [0.4, 0.5) is 5.69 Å². The van der Waals surface area contributed by atoms with Crippen LogP contribution in [-0.4, -0.2) is 24.4 Å². The van der Waals surface area contributed by atoms with E-state index in [-0.39, 0.29) is 5.91 Å². The first-order valence-corrected chi connectivity index (χ1v) is 7.19. The summed E-state index contributed by atoms with van der Waals surface area (Å²) in [6, 6.07) is 5.57. The molecule has 1 aromatic carbocycles. The topological polar surface area (TPSA) is 46.3 Å². The van der Waals surface area contributed by atoms with Crippen LogP contribution in [0.5, 0.6) is 0 Å². The number of nitrogens with zero attached hydrogens (tertiary/aromatic N) is 1. The van der Waals surface area contributed by atoms with Crippen molar-refractivity contribution in [1.29, 1.82) is 0 Å². The van der Waals surface area contributed by atoms with E-state index < -0.39 is 0 Å². The van der Waals surface area contributed by atoms with E-state index in [2.05, 4.69) is 0 Å². The minimum absolute atomic E-state index is 0.0808. The maximum Gasteiger partial charge on any atom is 0.253 e. The number of nitrogen functional groups attached to an aromatic ring is 1. The molecule has 1 aliphatic rings. The first-order chi connectivity index (χ1) is 9.08. The summed E-state index contributed by atoms with van der Waals surface area (Å²) in [5.74, 6) is 0.753. The molecule has 0 spiro atoms. The molecule has 0 aliphatic heterocycles. The van der Waals surface area contributed by atoms with E-state index in [1.807, 2.05) is 31.0 Å². The van der Waals surface area contributed by atoms with Gasteiger partial charge in [-0.3, -0.25) is 4.79 Å². The van der Waals surface area contributed by atoms with Gasteiger partial charge in [0.15, 0.2) is 0 Å². The second kappa shape index (κ2) is 6.09. The molecule has 1 aromatic rings. The van der Waals surface area contributed by atoms with Crippen molar-refractivity contribution in [2.45, 2.75) is 39.0 Å². The van der Waals surface area contributed by atoms with Gasteiger partial charge in [-0.25, -0.2) is 0 Å². The zero-order valence-electron chi connectivity index (χ0n) is 12.0. The molecule has 0 unspecified atom stereocenters. The lowest BCUT2D eigenvalue weighted by Crippen LogP contribution is -2.32. The van der Waals surface area contributed by atoms with Gasteiger partial charge in [0.2, 0.25) is 0 Å². The molecule has 3 heteroatoms. The Balaban J connectivity index is 1.99. The smallest absolute Gasteiger partial charge is 0.253 e. The molecule has 0 atom stereocenters. The number of carbonyl (C=O) groups is 1. The Bertz CT molecular complexity index is 450. The Labute approximate surface area is 115 Å². The van der Waals surface area contributed by atoms with Crippen LogP contribution >= 0.6 is 0 Å². The molecule has 3 nitrogen and oxygen atoms in total. The Kier molecular flexibility index (Phi) is 4.46. The van der Waals surface area contributed by atoms with Crippen molar-refractivity contribution in [3.8, 4) is 0 Å². The summed E-state index contributed by atoms with van der Waals surface area (Å²) in [4.78, 5) is 14.2. The Morgan fingerprint density at radius 2 is 2.00 bits per heavy atom. The summed E-state index contributed by atoms with van der Waals surface area (Å²) >= 11 is 0. The fourth-order valence-electron chi connectivity index (χ4n) is 2.83. The lowest BCUT2D eigenvalue weighted by atomic mass is 9.89. The van der Waals surface area contributed by atoms with Gasteiger partial charge in [0.25, 0.3) is 5.91 Å². The highest BCUT2D eigenvalue weighted by molar-refractivity contribution is 5.95. The second-order valence-corrected chi connectivity index (χ2v) is 5.76. The third kappa shape index (κ3) is 3.49. The van der Waals surface area contributed by atoms with Crippen LogP contribution in [0, 0.1) is 12.8 Å². The maximum atomic E-state index is 12.4. The van der Waals surface area contributed by atoms with Crippen molar-refractivity contribution < 1.29 is 4.79 Å². The lowest BCUT2D eigenvalue weighted by Gasteiger charge is -2.27. The molecule has 1 amide bonds. The number of hydrogen-bond donors (Lipinski definition) is 1. The van der Waals surface area contributed by atoms with Crippen LogP contribution in [0.15, 0.2) is 18.2 Å². The molecule has 0 radical (unpaired) electrons. The fraction of sp³-hybridized carbons (Fsp3) is 0.562. The molecular weight excluding hydrogens is 236 g/mol. The summed E-state index contributed by atoms with van der Waals surface area (Å²) in [5.41, 5.74) is 8.28. The van der Waals surface area contributed by atoms with Gasteiger partial charge >= 0.3 is 0 Å². The maximum absolute atomic E-state index is 12.4. The number of benzene rings is 1. The van der Waals surface area contributed by atoms with E-state index in [9.17, 15) is 4.79 Å². The van der Waals surface area contributed by atoms with Crippen molar-refractivity contribution in [1.82, 2.24) is 4.90 Å². The molecule has 0 saturated heterocycles. The summed E-state index contributed by atoms with van der Waals surface area (Å²) in [6.45, 7) is 2.82. The summed E-state index contributed by atoms with van der Waals surface area (Å²) in [5, 5.41) is 0. The number of carbonyl (C=O) groups excluding carboxylic acids is 1. The Hall–Kier alpha value is -1.51. The quantitative estimate of drug-likeness (QED) is 0.848. The van der Waals surface area contributed by atoms with Gasteiger partial charge in [-0.15, -0.1) is 0 Å². The highest BCUT2D eigenvalue weighted by atomic mass is 16.2. The normalized spacial score (nSPS) is 16.3. The number of aryl methyl sites for hydroxylation is 1. The molecule has 1 aliphatic carbocycles. The number of nitrogens with two attached hydrogens (primary N) is 1. The summed E-state index contributed by atoms with van der Waals surface area (Å²) < 4.78 is 0. The Morgan fingerprint density at radius 3 is 2.63 bits per heavy atom. The van der Waals surface area contributed by atoms with Crippen LogP contribution in [0.2, 0.25) is 0 Å². The molecule has 104 valence electrons. The average molecular weight is 260 g/mol. The molecule has 1 fully saturated rings. The van der Waals surface area contributed by atoms with Crippen molar-refractivity contribution in [3.63, 3.8) is 0 Å². The first-order valence-electron chi connectivity index (χ1n) is 7.19. The van der Waals surface area contributed by atoms with Gasteiger partial charge in [-0.1, -0.05) is 25.3 Å². The second-order valence-electron chi connectivity index (χ2n) is 5.76. The van der Waals surface area contributed by atoms with E-state index in [4.69, 9.17) is 5.73 Å². The van der Waals surface area contributed by atoms with Gasteiger partial charge < -0.3 is 10.6 Å². The molecule has 0 aromatic heterocycles. The van der Waals surface area contributed by atoms with Gasteiger partial charge in [-0.05, 0) is 43.4 Å². The van der Waals surface area contributed by atoms with Gasteiger partial charge in [0.05, 0.1) is 0 Å². The van der Waals surface area contributed by atoms with Gasteiger partial charge in [0, 0.05) is 24.8 Å². The van der Waals surface area contributed by atoms with Crippen molar-refractivity contribution in [2.75, 3.05) is 19.3 Å². The molecular formula is C16H24N2O. The van der Waals surface area contributed by atoms with E-state index in [1.165, 1.54) is 32.1 Å². The highest BCUT2D eigenvalue weighted by Gasteiger charge is 2.19. The van der Waals surface area contributed by atoms with E-state index in [0.717, 1.165) is 12.1 Å². The van der Waals surface area contributed by atoms with Gasteiger partial charge in [0.1, 0.15) is 0 Å². The van der Waals surface area contributed by atoms with Crippen molar-refractivity contribution in [3.05, 3.63) is 29.3 Å². The van der Waals surface area contributed by atoms with Crippen LogP contribution in [0.1, 0.15) is 48.0 Å². The zero-order valence-corrected chi connectivity index (χ0v) is 12.0. The highest BCUT2D eigenvalue weighted by Crippen LogP contribution is 2.24. The van der Waals surface area contributed by atoms with Crippen molar-refractivity contribution >= 4 is 11.6 Å². The minimum Gasteiger partial charge on any atom is -0.398 e. The van der Waals surface area contributed by atoms with E-state index >= 15 is 0 Å². The number of hydrogen-bond acceptors (Lipinski definition) is 2. The molecule has 0 heterocycles. The predicted molar refractivity (Wildman–Crippen MR) is 79.1 cm³/mol. The molecule has 19 heavy (non-hydrogen) atoms. The number of anilines is 1. The van der Waals surface area contributed by atoms with Crippen LogP contribution in [-0.2, 0) is 0 Å². The lowest BCUT2D eigenvalue weighted by molar-refractivity contribution is 0.0760. The van der Waals surface area contributed by atoms with E-state index in [1.54, 1.807) is 6.07 Å². The standard InChI is InChI=1S/C16H24N2O/c1-12-8-9-14(10-15(12)17)16(19)18(2)11-13-6-4-3-5-7-13/h8-10,13H,3-7,11,17H2,1-2H3. The fourth-order valence-corrected chi connectivity index (χ4v) is 2.83. The summed E-state index contributed by atoms with van der Waals surface area (Å²) in [7, 11) is 1.90. The van der Waals surface area contributed by atoms with Crippen molar-refractivity contribution in [2.24, 2.45) is 5.92 Å². The monoisotopic (exact) mass is 260 g/mol. The number of rotatable bonds is 3. The average Bonchev–Trinajstić information content (AvgIpc) is 2.42. The van der Waals surface area contributed by atoms with Crippen LogP contribution in [0.25, 0.3) is 0 Å². The minimum atomic E-state index is 0.0808.